The van der Waals surface area contributed by atoms with Crippen LogP contribution in [0.2, 0.25) is 0 Å². The van der Waals surface area contributed by atoms with E-state index in [1.165, 1.54) is 12.1 Å². The van der Waals surface area contributed by atoms with Crippen molar-refractivity contribution >= 4 is 35.7 Å². The summed E-state index contributed by atoms with van der Waals surface area (Å²) >= 11 is 0. The molecule has 1 saturated heterocycles. The molecule has 2 aromatic rings. The highest BCUT2D eigenvalue weighted by atomic mass is 19.3. The number of likely N-dealkylation sites (tertiary alicyclic amines) is 1. The van der Waals surface area contributed by atoms with E-state index in [1.54, 1.807) is 32.9 Å². The second-order valence-electron chi connectivity index (χ2n) is 14.0. The maximum absolute atomic E-state index is 14.1. The summed E-state index contributed by atoms with van der Waals surface area (Å²) in [6, 6.07) is 9.37. The van der Waals surface area contributed by atoms with Gasteiger partial charge in [-0.3, -0.25) is 15.0 Å². The number of pyridine rings is 1. The Morgan fingerprint density at radius 1 is 1.00 bits per heavy atom. The summed E-state index contributed by atoms with van der Waals surface area (Å²) in [6.07, 6.45) is -3.78. The molecular formula is C34H43F2N5O8. The third kappa shape index (κ3) is 9.34. The Morgan fingerprint density at radius 3 is 2.22 bits per heavy atom. The van der Waals surface area contributed by atoms with Crippen LogP contribution in [-0.2, 0) is 20.9 Å². The molecule has 13 nitrogen and oxygen atoms in total. The van der Waals surface area contributed by atoms with Crippen molar-refractivity contribution in [1.29, 1.82) is 0 Å². The van der Waals surface area contributed by atoms with Crippen molar-refractivity contribution in [3.63, 3.8) is 0 Å². The summed E-state index contributed by atoms with van der Waals surface area (Å²) in [7, 11) is 0. The molecule has 1 aromatic carbocycles. The molecule has 3 atom stereocenters. The molecule has 2 saturated carbocycles. The van der Waals surface area contributed by atoms with Gasteiger partial charge in [0.2, 0.25) is 5.91 Å². The fraction of sp³-hybridized carbons (Fsp3) is 0.559. The molecule has 266 valence electrons. The van der Waals surface area contributed by atoms with E-state index in [2.05, 4.69) is 20.9 Å². The molecule has 1 aliphatic heterocycles. The van der Waals surface area contributed by atoms with Gasteiger partial charge >= 0.3 is 18.3 Å². The fourth-order valence-electron chi connectivity index (χ4n) is 6.29. The Balaban J connectivity index is 1.45. The topological polar surface area (TPSA) is 179 Å². The number of alkyl halides is 2. The molecule has 0 radical (unpaired) electrons. The molecule has 5 N–H and O–H groups in total. The van der Waals surface area contributed by atoms with E-state index in [9.17, 15) is 38.2 Å². The minimum atomic E-state index is -3.14. The number of anilines is 2. The number of carbonyl (C=O) groups excluding carboxylic acids is 3. The molecule has 1 aromatic heterocycles. The standard InChI is InChI=1S/C34H43F2N5O8/c1-33(2,3)49-31(44)38-23-14-13-22(24-17-34(47,29(35)36)15-16-41(24)32(45)46)37-27(23)40-28(42)26(25(20-9-10-20)21-11-12-21)39-30(43)48-18-19-7-5-4-6-8-19/h4-8,13-14,20-21,24-26,29,47H,9-12,15-18H2,1-3H3,(H,38,44)(H,39,43)(H,45,46)(H,37,40,42)/t24-,26-,34+/m0/s1. The normalized spacial score (nSPS) is 21.6. The largest absolute Gasteiger partial charge is 0.465 e. The second-order valence-corrected chi connectivity index (χ2v) is 14.0. The van der Waals surface area contributed by atoms with Crippen LogP contribution in [0.5, 0.6) is 0 Å². The summed E-state index contributed by atoms with van der Waals surface area (Å²) in [5.74, 6) is -0.666. The smallest absolute Gasteiger partial charge is 0.412 e. The number of alkyl carbamates (subject to hydrolysis) is 1. The van der Waals surface area contributed by atoms with Gasteiger partial charge in [-0.1, -0.05) is 30.3 Å². The highest BCUT2D eigenvalue weighted by molar-refractivity contribution is 6.00. The Morgan fingerprint density at radius 2 is 1.65 bits per heavy atom. The molecule has 4 amide bonds. The number of nitrogens with zero attached hydrogens (tertiary/aromatic N) is 2. The van der Waals surface area contributed by atoms with Gasteiger partial charge in [0.15, 0.2) is 5.82 Å². The first-order chi connectivity index (χ1) is 23.1. The molecule has 5 rings (SSSR count). The zero-order chi connectivity index (χ0) is 35.5. The lowest BCUT2D eigenvalue weighted by Crippen LogP contribution is -2.51. The molecule has 3 fully saturated rings. The van der Waals surface area contributed by atoms with Crippen molar-refractivity contribution in [3.8, 4) is 0 Å². The molecule has 2 heterocycles. The van der Waals surface area contributed by atoms with Gasteiger partial charge in [-0.2, -0.15) is 0 Å². The number of aromatic nitrogens is 1. The van der Waals surface area contributed by atoms with Crippen molar-refractivity contribution in [2.24, 2.45) is 17.8 Å². The first-order valence-electron chi connectivity index (χ1n) is 16.4. The quantitative estimate of drug-likeness (QED) is 0.192. The first kappa shape index (κ1) is 35.8. The number of nitrogens with one attached hydrogen (secondary N) is 3. The molecule has 0 spiro atoms. The van der Waals surface area contributed by atoms with Crippen LogP contribution in [0.3, 0.4) is 0 Å². The molecule has 15 heteroatoms. The van der Waals surface area contributed by atoms with E-state index < -0.39 is 66.7 Å². The van der Waals surface area contributed by atoms with E-state index in [4.69, 9.17) is 9.47 Å². The van der Waals surface area contributed by atoms with Crippen LogP contribution in [0, 0.1) is 17.8 Å². The van der Waals surface area contributed by atoms with Gasteiger partial charge < -0.3 is 30.3 Å². The average molecular weight is 688 g/mol. The van der Waals surface area contributed by atoms with Gasteiger partial charge in [-0.05, 0) is 88.3 Å². The lowest BCUT2D eigenvalue weighted by atomic mass is 9.85. The number of rotatable bonds is 11. The van der Waals surface area contributed by atoms with E-state index in [0.717, 1.165) is 36.1 Å². The molecule has 3 aliphatic rings. The Hall–Kier alpha value is -4.53. The van der Waals surface area contributed by atoms with Crippen molar-refractivity contribution in [3.05, 3.63) is 53.7 Å². The fourth-order valence-corrected chi connectivity index (χ4v) is 6.29. The lowest BCUT2D eigenvalue weighted by Gasteiger charge is -2.42. The summed E-state index contributed by atoms with van der Waals surface area (Å²) in [5, 5.41) is 28.5. The minimum absolute atomic E-state index is 0.0154. The van der Waals surface area contributed by atoms with Gasteiger partial charge in [0, 0.05) is 13.0 Å². The van der Waals surface area contributed by atoms with Gasteiger partial charge in [0.05, 0.1) is 17.4 Å². The van der Waals surface area contributed by atoms with Crippen LogP contribution >= 0.6 is 0 Å². The van der Waals surface area contributed by atoms with E-state index in [-0.39, 0.29) is 48.1 Å². The van der Waals surface area contributed by atoms with Crippen LogP contribution in [-0.4, -0.2) is 74.5 Å². The third-order valence-corrected chi connectivity index (χ3v) is 8.98. The number of benzene rings is 1. The van der Waals surface area contributed by atoms with Gasteiger partial charge in [0.1, 0.15) is 23.9 Å². The minimum Gasteiger partial charge on any atom is -0.465 e. The summed E-state index contributed by atoms with van der Waals surface area (Å²) < 4.78 is 38.6. The number of hydrogen-bond donors (Lipinski definition) is 5. The van der Waals surface area contributed by atoms with Crippen LogP contribution in [0.1, 0.15) is 76.6 Å². The number of hydrogen-bond acceptors (Lipinski definition) is 8. The van der Waals surface area contributed by atoms with Crippen LogP contribution < -0.4 is 16.0 Å². The highest BCUT2D eigenvalue weighted by Crippen LogP contribution is 2.51. The molecule has 2 aliphatic carbocycles. The highest BCUT2D eigenvalue weighted by Gasteiger charge is 2.49. The maximum atomic E-state index is 14.1. The van der Waals surface area contributed by atoms with Gasteiger partial charge in [0.25, 0.3) is 6.43 Å². The van der Waals surface area contributed by atoms with E-state index >= 15 is 0 Å². The number of carbonyl (C=O) groups is 4. The number of carboxylic acid groups (broad SMARTS) is 1. The zero-order valence-electron chi connectivity index (χ0n) is 27.7. The predicted octanol–water partition coefficient (Wildman–Crippen LogP) is 5.91. The SMILES string of the molecule is CC(C)(C)OC(=O)Nc1ccc([C@@H]2C[C@@](O)(C(F)F)CCN2C(=O)O)nc1NC(=O)[C@@H](NC(=O)OCc1ccccc1)C(C1CC1)C1CC1. The van der Waals surface area contributed by atoms with Crippen LogP contribution in [0.25, 0.3) is 0 Å². The summed E-state index contributed by atoms with van der Waals surface area (Å²) in [5.41, 5.74) is -2.64. The number of aliphatic hydroxyl groups is 1. The van der Waals surface area contributed by atoms with Gasteiger partial charge in [-0.15, -0.1) is 0 Å². The summed E-state index contributed by atoms with van der Waals surface area (Å²) in [4.78, 5) is 57.4. The van der Waals surface area contributed by atoms with Crippen molar-refractivity contribution in [2.75, 3.05) is 17.2 Å². The van der Waals surface area contributed by atoms with Gasteiger partial charge in [-0.25, -0.2) is 28.1 Å². The molecule has 0 unspecified atom stereocenters. The van der Waals surface area contributed by atoms with Crippen LogP contribution in [0.4, 0.5) is 34.7 Å². The van der Waals surface area contributed by atoms with E-state index in [1.807, 2.05) is 18.2 Å². The summed E-state index contributed by atoms with van der Waals surface area (Å²) in [6.45, 7) is 4.58. The predicted molar refractivity (Wildman–Crippen MR) is 173 cm³/mol. The van der Waals surface area contributed by atoms with Crippen LogP contribution in [0.15, 0.2) is 42.5 Å². The molecule has 49 heavy (non-hydrogen) atoms. The van der Waals surface area contributed by atoms with Crippen molar-refractivity contribution in [1.82, 2.24) is 15.2 Å². The monoisotopic (exact) mass is 687 g/mol. The molecular weight excluding hydrogens is 644 g/mol. The van der Waals surface area contributed by atoms with E-state index in [0.29, 0.717) is 0 Å². The first-order valence-corrected chi connectivity index (χ1v) is 16.4. The number of piperidine rings is 1. The Bertz CT molecular complexity index is 1520. The second kappa shape index (κ2) is 14.5. The Kier molecular flexibility index (Phi) is 10.6. The number of halogens is 2. The maximum Gasteiger partial charge on any atom is 0.412 e. The number of amides is 4. The third-order valence-electron chi connectivity index (χ3n) is 8.98. The Labute approximate surface area is 282 Å². The lowest BCUT2D eigenvalue weighted by molar-refractivity contribution is -0.136. The van der Waals surface area contributed by atoms with Crippen molar-refractivity contribution < 1.29 is 47.6 Å². The zero-order valence-corrected chi connectivity index (χ0v) is 27.7. The van der Waals surface area contributed by atoms with Crippen molar-refractivity contribution in [2.45, 2.75) is 95.6 Å². The average Bonchev–Trinajstić information content (AvgIpc) is 3.96. The number of ether oxygens (including phenoxy) is 2. The molecule has 0 bridgehead atoms.